The molecule has 7 heteroatoms. The number of aliphatic hydroxyl groups is 1. The largest absolute Gasteiger partial charge is 0.476 e. The molecule has 2 N–H and O–H groups in total. The predicted octanol–water partition coefficient (Wildman–Crippen LogP) is 3.71. The molecule has 26 heavy (non-hydrogen) atoms. The van der Waals surface area contributed by atoms with Gasteiger partial charge in [0, 0.05) is 52.7 Å². The van der Waals surface area contributed by atoms with E-state index in [-0.39, 0.29) is 6.61 Å². The van der Waals surface area contributed by atoms with Gasteiger partial charge in [0.1, 0.15) is 5.75 Å². The summed E-state index contributed by atoms with van der Waals surface area (Å²) in [5, 5.41) is 15.7. The zero-order valence-electron chi connectivity index (χ0n) is 14.4. The quantitative estimate of drug-likeness (QED) is 0.349. The van der Waals surface area contributed by atoms with Gasteiger partial charge in [-0.2, -0.15) is 0 Å². The van der Waals surface area contributed by atoms with Crippen molar-refractivity contribution in [2.24, 2.45) is 0 Å². The Hall–Kier alpha value is -1.06. The van der Waals surface area contributed by atoms with E-state index < -0.39 is 0 Å². The molecule has 1 atom stereocenters. The molecule has 0 radical (unpaired) electrons. The molecule has 1 aromatic rings. The highest BCUT2D eigenvalue weighted by molar-refractivity contribution is 14.1. The number of hydrogen-bond donors (Lipinski definition) is 2. The van der Waals surface area contributed by atoms with Crippen molar-refractivity contribution >= 4 is 34.5 Å². The molecule has 1 unspecified atom stereocenters. The highest BCUT2D eigenvalue weighted by Gasteiger charge is 2.26. The van der Waals surface area contributed by atoms with Gasteiger partial charge in [-0.3, -0.25) is 0 Å². The fourth-order valence-corrected chi connectivity index (χ4v) is 3.59. The van der Waals surface area contributed by atoms with Gasteiger partial charge in [-0.1, -0.05) is 35.9 Å². The van der Waals surface area contributed by atoms with E-state index in [4.69, 9.17) is 21.4 Å². The van der Waals surface area contributed by atoms with Crippen molar-refractivity contribution in [2.45, 2.75) is 25.5 Å². The Morgan fingerprint density at radius 3 is 2.85 bits per heavy atom. The lowest BCUT2D eigenvalue weighted by atomic mass is 10.2. The van der Waals surface area contributed by atoms with Crippen LogP contribution < -0.4 is 10.1 Å². The summed E-state index contributed by atoms with van der Waals surface area (Å²) in [4.78, 5) is 0. The first-order valence-corrected chi connectivity index (χ1v) is 9.99. The normalized spacial score (nSPS) is 20.7. The number of benzene rings is 1. The van der Waals surface area contributed by atoms with Gasteiger partial charge in [0.15, 0.2) is 6.73 Å². The second-order valence-electron chi connectivity index (χ2n) is 6.27. The van der Waals surface area contributed by atoms with E-state index >= 15 is 0 Å². The zero-order valence-corrected chi connectivity index (χ0v) is 17.4. The van der Waals surface area contributed by atoms with E-state index in [0.717, 1.165) is 48.0 Å². The summed E-state index contributed by atoms with van der Waals surface area (Å²) >= 11 is 8.33. The van der Waals surface area contributed by atoms with Crippen LogP contribution in [0.2, 0.25) is 0 Å². The molecular weight excluding hydrogens is 465 g/mol. The van der Waals surface area contributed by atoms with Crippen LogP contribution in [0, 0.1) is 0 Å². The second-order valence-corrected chi connectivity index (χ2v) is 7.82. The third kappa shape index (κ3) is 5.72. The predicted molar refractivity (Wildman–Crippen MR) is 113 cm³/mol. The fraction of sp³-hybridized carbons (Fsp3) is 0.368. The molecule has 1 saturated heterocycles. The maximum Gasteiger partial charge on any atom is 0.163 e. The van der Waals surface area contributed by atoms with E-state index in [1.807, 2.05) is 42.5 Å². The Kier molecular flexibility index (Phi) is 7.39. The molecule has 1 fully saturated rings. The summed E-state index contributed by atoms with van der Waals surface area (Å²) < 4.78 is 7.90. The van der Waals surface area contributed by atoms with Gasteiger partial charge in [-0.15, -0.1) is 3.22 Å². The molecule has 1 aromatic carbocycles. The summed E-state index contributed by atoms with van der Waals surface area (Å²) in [6.07, 6.45) is 10.1. The molecular formula is C19H23ClIN3O2. The number of allylic oxidation sites excluding steroid dienone is 5. The molecule has 1 heterocycles. The highest BCUT2D eigenvalue weighted by Crippen LogP contribution is 2.20. The first-order chi connectivity index (χ1) is 12.6. The lowest BCUT2D eigenvalue weighted by Gasteiger charge is -2.26. The van der Waals surface area contributed by atoms with Crippen LogP contribution in [0.5, 0.6) is 5.75 Å². The molecule has 2 aliphatic rings. The monoisotopic (exact) mass is 487 g/mol. The number of ether oxygens (including phenoxy) is 1. The van der Waals surface area contributed by atoms with Crippen molar-refractivity contribution in [1.29, 1.82) is 0 Å². The van der Waals surface area contributed by atoms with Gasteiger partial charge in [0.05, 0.1) is 6.61 Å². The molecule has 0 saturated carbocycles. The topological polar surface area (TPSA) is 48.0 Å². The maximum atomic E-state index is 9.08. The second kappa shape index (κ2) is 9.75. The van der Waals surface area contributed by atoms with Crippen molar-refractivity contribution < 1.29 is 9.84 Å². The van der Waals surface area contributed by atoms with Crippen LogP contribution >= 0.6 is 34.5 Å². The zero-order chi connectivity index (χ0) is 18.4. The summed E-state index contributed by atoms with van der Waals surface area (Å²) in [7, 11) is 0. The van der Waals surface area contributed by atoms with Crippen LogP contribution in [0.15, 0.2) is 59.3 Å². The summed E-state index contributed by atoms with van der Waals surface area (Å²) in [6.45, 7) is 2.45. The lowest BCUT2D eigenvalue weighted by molar-refractivity contribution is 0.0525. The van der Waals surface area contributed by atoms with Crippen LogP contribution in [0.1, 0.15) is 18.4 Å². The van der Waals surface area contributed by atoms with Crippen molar-refractivity contribution in [2.75, 3.05) is 19.8 Å². The molecule has 0 amide bonds. The summed E-state index contributed by atoms with van der Waals surface area (Å²) in [6, 6.07) is 7.92. The number of nitrogens with zero attached hydrogens (tertiary/aromatic N) is 2. The lowest BCUT2D eigenvalue weighted by Crippen LogP contribution is -2.39. The van der Waals surface area contributed by atoms with Crippen LogP contribution in [0.4, 0.5) is 0 Å². The minimum Gasteiger partial charge on any atom is -0.476 e. The first kappa shape index (κ1) is 19.7. The Labute approximate surface area is 173 Å². The smallest absolute Gasteiger partial charge is 0.163 e. The SMILES string of the molecule is OCc1ccc(OCN(I)N2CCC(NC3=CCC=C(Cl)C=C3)C2)cc1. The van der Waals surface area contributed by atoms with Gasteiger partial charge in [0.25, 0.3) is 0 Å². The third-order valence-corrected chi connectivity index (χ3v) is 5.53. The molecule has 0 bridgehead atoms. The molecule has 140 valence electrons. The van der Waals surface area contributed by atoms with E-state index in [9.17, 15) is 0 Å². The van der Waals surface area contributed by atoms with Crippen molar-refractivity contribution in [3.05, 3.63) is 64.9 Å². The van der Waals surface area contributed by atoms with Gasteiger partial charge < -0.3 is 15.2 Å². The van der Waals surface area contributed by atoms with Gasteiger partial charge in [-0.25, -0.2) is 5.01 Å². The van der Waals surface area contributed by atoms with E-state index in [1.165, 1.54) is 0 Å². The third-order valence-electron chi connectivity index (χ3n) is 4.36. The minimum atomic E-state index is 0.0503. The average Bonchev–Trinajstić information content (AvgIpc) is 3.03. The van der Waals surface area contributed by atoms with Gasteiger partial charge in [-0.05, 0) is 42.7 Å². The Morgan fingerprint density at radius 2 is 2.08 bits per heavy atom. The standard InChI is InChI=1S/C19H23ClIN3O2/c20-16-2-1-3-17(7-6-16)22-18-10-11-23(12-18)24(21)14-26-19-8-4-15(13-25)5-9-19/h2-9,18,22,25H,1,10-14H2. The van der Waals surface area contributed by atoms with E-state index in [1.54, 1.807) is 0 Å². The van der Waals surface area contributed by atoms with Crippen molar-refractivity contribution in [3.63, 3.8) is 0 Å². The van der Waals surface area contributed by atoms with E-state index in [0.29, 0.717) is 12.8 Å². The number of nitrogens with one attached hydrogen (secondary N) is 1. The van der Waals surface area contributed by atoms with Crippen LogP contribution in [0.25, 0.3) is 0 Å². The van der Waals surface area contributed by atoms with Crippen LogP contribution in [-0.2, 0) is 6.61 Å². The summed E-state index contributed by atoms with van der Waals surface area (Å²) in [5.74, 6) is 0.802. The van der Waals surface area contributed by atoms with E-state index in [2.05, 4.69) is 42.5 Å². The summed E-state index contributed by atoms with van der Waals surface area (Å²) in [5.41, 5.74) is 2.01. The molecule has 5 nitrogen and oxygen atoms in total. The van der Waals surface area contributed by atoms with Gasteiger partial charge >= 0.3 is 0 Å². The van der Waals surface area contributed by atoms with Crippen molar-refractivity contribution in [1.82, 2.24) is 13.5 Å². The highest BCUT2D eigenvalue weighted by atomic mass is 127. The Morgan fingerprint density at radius 1 is 1.27 bits per heavy atom. The Balaban J connectivity index is 1.44. The van der Waals surface area contributed by atoms with Crippen molar-refractivity contribution in [3.8, 4) is 5.75 Å². The number of halogens is 2. The molecule has 0 aromatic heterocycles. The number of aliphatic hydroxyl groups excluding tert-OH is 1. The number of hydrazine groups is 1. The van der Waals surface area contributed by atoms with Crippen LogP contribution in [-0.4, -0.2) is 39.2 Å². The number of rotatable bonds is 7. The first-order valence-electron chi connectivity index (χ1n) is 8.65. The van der Waals surface area contributed by atoms with Gasteiger partial charge in [0.2, 0.25) is 0 Å². The number of hydrogen-bond acceptors (Lipinski definition) is 5. The maximum absolute atomic E-state index is 9.08. The van der Waals surface area contributed by atoms with Crippen LogP contribution in [0.3, 0.4) is 0 Å². The Bertz CT molecular complexity index is 691. The molecule has 3 rings (SSSR count). The molecule has 1 aliphatic heterocycles. The average molecular weight is 488 g/mol. The fourth-order valence-electron chi connectivity index (χ4n) is 2.90. The molecule has 1 aliphatic carbocycles. The molecule has 0 spiro atoms. The minimum absolute atomic E-state index is 0.0503.